The molecule has 0 heterocycles. The van der Waals surface area contributed by atoms with Crippen LogP contribution in [0.1, 0.15) is 21.5 Å². The van der Waals surface area contributed by atoms with Crippen LogP contribution in [0.25, 0.3) is 17.2 Å². The number of amides is 2. The van der Waals surface area contributed by atoms with E-state index < -0.39 is 23.8 Å². The number of rotatable bonds is 9. The largest absolute Gasteiger partial charge is 0.480 e. The number of carboxylic acids is 1. The number of carbonyl (C=O) groups excluding carboxylic acids is 2. The second kappa shape index (κ2) is 12.7. The Morgan fingerprint density at radius 1 is 0.816 bits per heavy atom. The van der Waals surface area contributed by atoms with E-state index in [1.165, 1.54) is 6.08 Å². The molecule has 0 bridgehead atoms. The summed E-state index contributed by atoms with van der Waals surface area (Å²) >= 11 is 3.34. The summed E-state index contributed by atoms with van der Waals surface area (Å²) in [6, 6.07) is 30.4. The number of anilines is 1. The van der Waals surface area contributed by atoms with Gasteiger partial charge >= 0.3 is 5.97 Å². The Bertz CT molecular complexity index is 1450. The number of carbonyl (C=O) groups is 3. The maximum Gasteiger partial charge on any atom is 0.326 e. The number of halogens is 1. The first-order valence-electron chi connectivity index (χ1n) is 11.9. The van der Waals surface area contributed by atoms with E-state index in [0.29, 0.717) is 4.47 Å². The van der Waals surface area contributed by atoms with Gasteiger partial charge < -0.3 is 15.7 Å². The first kappa shape index (κ1) is 26.6. The van der Waals surface area contributed by atoms with Crippen LogP contribution in [0.5, 0.6) is 0 Å². The summed E-state index contributed by atoms with van der Waals surface area (Å²) in [4.78, 5) is 37.7. The van der Waals surface area contributed by atoms with Crippen LogP contribution < -0.4 is 10.6 Å². The molecule has 190 valence electrons. The summed E-state index contributed by atoms with van der Waals surface area (Å²) in [5.74, 6) is -2.18. The van der Waals surface area contributed by atoms with Crippen molar-refractivity contribution in [2.75, 3.05) is 5.32 Å². The standard InChI is InChI=1S/C31H25BrN2O4/c32-25-16-17-27(33-29(35)18-13-21-7-3-1-4-8-21)26(20-25)30(36)34-28(31(37)38)19-22-11-14-24(15-12-22)23-9-5-2-6-10-23/h1-18,20,28H,19H2,(H,33,35)(H,34,36)(H,37,38)/t28-/m0/s1. The van der Waals surface area contributed by atoms with Crippen LogP contribution in [0.15, 0.2) is 114 Å². The number of aliphatic carboxylic acids is 1. The average molecular weight is 569 g/mol. The molecule has 1 atom stereocenters. The van der Waals surface area contributed by atoms with E-state index in [0.717, 1.165) is 22.3 Å². The third-order valence-electron chi connectivity index (χ3n) is 5.82. The van der Waals surface area contributed by atoms with Crippen LogP contribution in [0.3, 0.4) is 0 Å². The summed E-state index contributed by atoms with van der Waals surface area (Å²) < 4.78 is 0.615. The second-order valence-electron chi connectivity index (χ2n) is 8.55. The lowest BCUT2D eigenvalue weighted by molar-refractivity contribution is -0.139. The van der Waals surface area contributed by atoms with Gasteiger partial charge in [0, 0.05) is 17.0 Å². The molecule has 0 fully saturated rings. The van der Waals surface area contributed by atoms with Crippen molar-refractivity contribution >= 4 is 45.5 Å². The topological polar surface area (TPSA) is 95.5 Å². The van der Waals surface area contributed by atoms with Crippen molar-refractivity contribution in [1.82, 2.24) is 5.32 Å². The van der Waals surface area contributed by atoms with E-state index in [1.54, 1.807) is 24.3 Å². The fourth-order valence-electron chi connectivity index (χ4n) is 3.86. The highest BCUT2D eigenvalue weighted by atomic mass is 79.9. The fourth-order valence-corrected chi connectivity index (χ4v) is 4.22. The van der Waals surface area contributed by atoms with Gasteiger partial charge in [0.2, 0.25) is 5.91 Å². The summed E-state index contributed by atoms with van der Waals surface area (Å²) in [7, 11) is 0. The van der Waals surface area contributed by atoms with Gasteiger partial charge in [-0.15, -0.1) is 0 Å². The number of benzene rings is 4. The van der Waals surface area contributed by atoms with Crippen LogP contribution in [0, 0.1) is 0 Å². The molecule has 6 nitrogen and oxygen atoms in total. The van der Waals surface area contributed by atoms with Crippen molar-refractivity contribution in [3.63, 3.8) is 0 Å². The summed E-state index contributed by atoms with van der Waals surface area (Å²) in [5.41, 5.74) is 4.12. The van der Waals surface area contributed by atoms with Crippen LogP contribution in [0.2, 0.25) is 0 Å². The van der Waals surface area contributed by atoms with Gasteiger partial charge in [-0.05, 0) is 46.5 Å². The molecule has 0 aliphatic heterocycles. The third kappa shape index (κ3) is 7.27. The Balaban J connectivity index is 1.46. The molecule has 38 heavy (non-hydrogen) atoms. The summed E-state index contributed by atoms with van der Waals surface area (Å²) in [6.07, 6.45) is 3.14. The van der Waals surface area contributed by atoms with E-state index in [1.807, 2.05) is 84.9 Å². The minimum absolute atomic E-state index is 0.103. The highest BCUT2D eigenvalue weighted by molar-refractivity contribution is 9.10. The highest BCUT2D eigenvalue weighted by Gasteiger charge is 2.23. The average Bonchev–Trinajstić information content (AvgIpc) is 2.94. The summed E-state index contributed by atoms with van der Waals surface area (Å²) in [6.45, 7) is 0. The molecule has 3 N–H and O–H groups in total. The second-order valence-corrected chi connectivity index (χ2v) is 9.47. The molecule has 0 spiro atoms. The predicted octanol–water partition coefficient (Wildman–Crippen LogP) is 6.19. The molecular formula is C31H25BrN2O4. The molecule has 0 aromatic heterocycles. The van der Waals surface area contributed by atoms with E-state index in [2.05, 4.69) is 26.6 Å². The molecule has 0 aliphatic carbocycles. The van der Waals surface area contributed by atoms with Crippen LogP contribution in [0.4, 0.5) is 5.69 Å². The van der Waals surface area contributed by atoms with Gasteiger partial charge in [-0.25, -0.2) is 4.79 Å². The Morgan fingerprint density at radius 3 is 2.11 bits per heavy atom. The van der Waals surface area contributed by atoms with E-state index >= 15 is 0 Å². The van der Waals surface area contributed by atoms with Gasteiger partial charge in [0.15, 0.2) is 0 Å². The zero-order chi connectivity index (χ0) is 26.9. The first-order valence-corrected chi connectivity index (χ1v) is 12.7. The number of hydrogen-bond donors (Lipinski definition) is 3. The maximum atomic E-state index is 13.2. The Labute approximate surface area is 229 Å². The van der Waals surface area contributed by atoms with Gasteiger partial charge in [0.05, 0.1) is 11.3 Å². The molecule has 0 saturated carbocycles. The van der Waals surface area contributed by atoms with Gasteiger partial charge in [0.25, 0.3) is 5.91 Å². The molecule has 0 saturated heterocycles. The predicted molar refractivity (Wildman–Crippen MR) is 153 cm³/mol. The molecular weight excluding hydrogens is 544 g/mol. The van der Waals surface area contributed by atoms with Crippen molar-refractivity contribution in [3.05, 3.63) is 130 Å². The lowest BCUT2D eigenvalue weighted by Crippen LogP contribution is -2.42. The lowest BCUT2D eigenvalue weighted by Gasteiger charge is -2.17. The van der Waals surface area contributed by atoms with Crippen LogP contribution in [-0.4, -0.2) is 28.9 Å². The summed E-state index contributed by atoms with van der Waals surface area (Å²) in [5, 5.41) is 15.1. The number of carboxylic acid groups (broad SMARTS) is 1. The normalized spacial score (nSPS) is 11.6. The molecule has 4 rings (SSSR count). The van der Waals surface area contributed by atoms with E-state index in [-0.39, 0.29) is 17.7 Å². The lowest BCUT2D eigenvalue weighted by atomic mass is 10.0. The van der Waals surface area contributed by atoms with Crippen molar-refractivity contribution in [3.8, 4) is 11.1 Å². The molecule has 0 aliphatic rings. The zero-order valence-electron chi connectivity index (χ0n) is 20.3. The van der Waals surface area contributed by atoms with Crippen molar-refractivity contribution < 1.29 is 19.5 Å². The Kier molecular flexibility index (Phi) is 8.85. The van der Waals surface area contributed by atoms with Crippen molar-refractivity contribution in [2.45, 2.75) is 12.5 Å². The molecule has 0 unspecified atom stereocenters. The third-order valence-corrected chi connectivity index (χ3v) is 6.31. The van der Waals surface area contributed by atoms with E-state index in [4.69, 9.17) is 0 Å². The van der Waals surface area contributed by atoms with Gasteiger partial charge in [-0.3, -0.25) is 9.59 Å². The molecule has 0 radical (unpaired) electrons. The number of nitrogens with one attached hydrogen (secondary N) is 2. The maximum absolute atomic E-state index is 13.2. The Morgan fingerprint density at radius 2 is 1.45 bits per heavy atom. The van der Waals surface area contributed by atoms with Crippen molar-refractivity contribution in [1.29, 1.82) is 0 Å². The minimum atomic E-state index is -1.16. The Hall–Kier alpha value is -4.49. The van der Waals surface area contributed by atoms with Gasteiger partial charge in [-0.1, -0.05) is 101 Å². The van der Waals surface area contributed by atoms with Crippen molar-refractivity contribution in [2.24, 2.45) is 0 Å². The fraction of sp³-hybridized carbons (Fsp3) is 0.0645. The highest BCUT2D eigenvalue weighted by Crippen LogP contribution is 2.23. The van der Waals surface area contributed by atoms with Gasteiger partial charge in [0.1, 0.15) is 6.04 Å². The van der Waals surface area contributed by atoms with E-state index in [9.17, 15) is 19.5 Å². The molecule has 2 amide bonds. The monoisotopic (exact) mass is 568 g/mol. The SMILES string of the molecule is O=C(C=Cc1ccccc1)Nc1ccc(Br)cc1C(=O)N[C@@H](Cc1ccc(-c2ccccc2)cc1)C(=O)O. The minimum Gasteiger partial charge on any atom is -0.480 e. The quantitative estimate of drug-likeness (QED) is 0.210. The first-order chi connectivity index (χ1) is 18.4. The van der Waals surface area contributed by atoms with Crippen LogP contribution in [-0.2, 0) is 16.0 Å². The number of hydrogen-bond acceptors (Lipinski definition) is 3. The zero-order valence-corrected chi connectivity index (χ0v) is 21.9. The molecule has 7 heteroatoms. The molecule has 4 aromatic carbocycles. The molecule has 4 aromatic rings. The van der Waals surface area contributed by atoms with Crippen LogP contribution >= 0.6 is 15.9 Å². The van der Waals surface area contributed by atoms with Gasteiger partial charge in [-0.2, -0.15) is 0 Å². The smallest absolute Gasteiger partial charge is 0.326 e.